The maximum absolute atomic E-state index is 12.1. The average molecular weight is 255 g/mol. The van der Waals surface area contributed by atoms with E-state index in [0.717, 1.165) is 35.9 Å². The van der Waals surface area contributed by atoms with Crippen LogP contribution in [-0.2, 0) is 16.0 Å². The van der Waals surface area contributed by atoms with Crippen LogP contribution in [0.5, 0.6) is 0 Å². The van der Waals surface area contributed by atoms with Crippen molar-refractivity contribution in [3.8, 4) is 0 Å². The van der Waals surface area contributed by atoms with Gasteiger partial charge in [-0.25, -0.2) is 0 Å². The summed E-state index contributed by atoms with van der Waals surface area (Å²) < 4.78 is 5.52. The Kier molecular flexibility index (Phi) is 3.56. The monoisotopic (exact) mass is 255 g/mol. The van der Waals surface area contributed by atoms with E-state index in [9.17, 15) is 4.79 Å². The minimum absolute atomic E-state index is 0.139. The van der Waals surface area contributed by atoms with E-state index in [0.29, 0.717) is 12.8 Å². The van der Waals surface area contributed by atoms with Crippen LogP contribution >= 0.6 is 0 Å². The first kappa shape index (κ1) is 12.3. The van der Waals surface area contributed by atoms with Gasteiger partial charge in [-0.1, -0.05) is 18.2 Å². The van der Waals surface area contributed by atoms with Crippen molar-refractivity contribution in [1.82, 2.24) is 4.98 Å². The van der Waals surface area contributed by atoms with Gasteiger partial charge in [0.15, 0.2) is 0 Å². The van der Waals surface area contributed by atoms with Gasteiger partial charge in [0.1, 0.15) is 5.78 Å². The minimum Gasteiger partial charge on any atom is -0.378 e. The predicted octanol–water partition coefficient (Wildman–Crippen LogP) is 2.92. The molecule has 2 heterocycles. The second-order valence-corrected chi connectivity index (χ2v) is 5.04. The van der Waals surface area contributed by atoms with Crippen LogP contribution in [0.2, 0.25) is 0 Å². The zero-order valence-electron chi connectivity index (χ0n) is 10.8. The highest BCUT2D eigenvalue weighted by molar-refractivity contribution is 5.89. The number of pyridine rings is 1. The number of para-hydroxylation sites is 1. The summed E-state index contributed by atoms with van der Waals surface area (Å²) in [5.74, 6) is 0.253. The standard InChI is InChI=1S/C16H17NO2/c18-13(11-14-4-3-9-19-14)10-12-7-8-17-16-6-2-1-5-15(12)16/h1-2,5-8,14H,3-4,9-11H2. The molecule has 0 radical (unpaired) electrons. The molecule has 1 saturated heterocycles. The van der Waals surface area contributed by atoms with Crippen LogP contribution < -0.4 is 0 Å². The number of hydrogen-bond acceptors (Lipinski definition) is 3. The van der Waals surface area contributed by atoms with E-state index in [1.807, 2.05) is 30.3 Å². The minimum atomic E-state index is 0.139. The second-order valence-electron chi connectivity index (χ2n) is 5.04. The highest BCUT2D eigenvalue weighted by Crippen LogP contribution is 2.20. The van der Waals surface area contributed by atoms with E-state index in [1.54, 1.807) is 6.20 Å². The Morgan fingerprint density at radius 2 is 2.21 bits per heavy atom. The molecule has 1 aliphatic rings. The molecular weight excluding hydrogens is 238 g/mol. The van der Waals surface area contributed by atoms with Gasteiger partial charge in [-0.2, -0.15) is 0 Å². The van der Waals surface area contributed by atoms with Crippen molar-refractivity contribution < 1.29 is 9.53 Å². The number of ether oxygens (including phenoxy) is 1. The average Bonchev–Trinajstić information content (AvgIpc) is 2.92. The molecule has 1 aromatic carbocycles. The molecule has 0 aliphatic carbocycles. The van der Waals surface area contributed by atoms with Crippen LogP contribution in [0.15, 0.2) is 36.5 Å². The van der Waals surface area contributed by atoms with E-state index in [4.69, 9.17) is 4.74 Å². The Labute approximate surface area is 112 Å². The topological polar surface area (TPSA) is 39.2 Å². The van der Waals surface area contributed by atoms with Crippen molar-refractivity contribution in [3.63, 3.8) is 0 Å². The molecule has 1 aliphatic heterocycles. The number of rotatable bonds is 4. The summed E-state index contributed by atoms with van der Waals surface area (Å²) in [7, 11) is 0. The van der Waals surface area contributed by atoms with Crippen LogP contribution in [0.4, 0.5) is 0 Å². The van der Waals surface area contributed by atoms with Crippen LogP contribution in [0.25, 0.3) is 10.9 Å². The number of Topliss-reactive ketones (excluding diaryl/α,β-unsaturated/α-hetero) is 1. The van der Waals surface area contributed by atoms with Gasteiger partial charge in [-0.3, -0.25) is 9.78 Å². The van der Waals surface area contributed by atoms with E-state index in [-0.39, 0.29) is 11.9 Å². The first-order valence-corrected chi connectivity index (χ1v) is 6.79. The molecule has 1 atom stereocenters. The van der Waals surface area contributed by atoms with Crippen LogP contribution in [0.3, 0.4) is 0 Å². The van der Waals surface area contributed by atoms with Gasteiger partial charge >= 0.3 is 0 Å². The number of carbonyl (C=O) groups is 1. The zero-order valence-corrected chi connectivity index (χ0v) is 10.8. The number of hydrogen-bond donors (Lipinski definition) is 0. The van der Waals surface area contributed by atoms with Crippen molar-refractivity contribution in [2.45, 2.75) is 31.8 Å². The number of aromatic nitrogens is 1. The predicted molar refractivity (Wildman–Crippen MR) is 74.0 cm³/mol. The summed E-state index contributed by atoms with van der Waals surface area (Å²) in [6.45, 7) is 0.802. The molecule has 0 spiro atoms. The summed E-state index contributed by atoms with van der Waals surface area (Å²) in [5, 5.41) is 1.07. The lowest BCUT2D eigenvalue weighted by Crippen LogP contribution is -2.14. The van der Waals surface area contributed by atoms with Crippen LogP contribution in [-0.4, -0.2) is 23.5 Å². The molecule has 1 fully saturated rings. The fourth-order valence-electron chi connectivity index (χ4n) is 2.65. The van der Waals surface area contributed by atoms with Gasteiger partial charge in [0.2, 0.25) is 0 Å². The molecule has 0 saturated carbocycles. The van der Waals surface area contributed by atoms with Gasteiger partial charge < -0.3 is 4.74 Å². The third kappa shape index (κ3) is 2.82. The molecule has 0 bridgehead atoms. The van der Waals surface area contributed by atoms with Crippen molar-refractivity contribution >= 4 is 16.7 Å². The van der Waals surface area contributed by atoms with Gasteiger partial charge in [0, 0.05) is 31.0 Å². The molecule has 3 heteroatoms. The molecule has 0 N–H and O–H groups in total. The van der Waals surface area contributed by atoms with Gasteiger partial charge in [-0.05, 0) is 30.5 Å². The van der Waals surface area contributed by atoms with E-state index in [2.05, 4.69) is 4.98 Å². The molecule has 1 aromatic heterocycles. The number of carbonyl (C=O) groups excluding carboxylic acids is 1. The summed E-state index contributed by atoms with van der Waals surface area (Å²) >= 11 is 0. The molecule has 19 heavy (non-hydrogen) atoms. The lowest BCUT2D eigenvalue weighted by molar-refractivity contribution is -0.120. The van der Waals surface area contributed by atoms with Crippen molar-refractivity contribution in [2.24, 2.45) is 0 Å². The van der Waals surface area contributed by atoms with Crippen molar-refractivity contribution in [3.05, 3.63) is 42.1 Å². The highest BCUT2D eigenvalue weighted by atomic mass is 16.5. The molecule has 98 valence electrons. The van der Waals surface area contributed by atoms with Crippen molar-refractivity contribution in [2.75, 3.05) is 6.61 Å². The fraction of sp³-hybridized carbons (Fsp3) is 0.375. The lowest BCUT2D eigenvalue weighted by Gasteiger charge is -2.09. The lowest BCUT2D eigenvalue weighted by atomic mass is 10.0. The highest BCUT2D eigenvalue weighted by Gasteiger charge is 2.19. The molecule has 3 rings (SSSR count). The Morgan fingerprint density at radius 3 is 3.05 bits per heavy atom. The van der Waals surface area contributed by atoms with E-state index in [1.165, 1.54) is 0 Å². The summed E-state index contributed by atoms with van der Waals surface area (Å²) in [6.07, 6.45) is 5.02. The van der Waals surface area contributed by atoms with Gasteiger partial charge in [0.05, 0.1) is 11.6 Å². The first-order valence-electron chi connectivity index (χ1n) is 6.79. The largest absolute Gasteiger partial charge is 0.378 e. The number of fused-ring (bicyclic) bond motifs is 1. The third-order valence-electron chi connectivity index (χ3n) is 3.61. The second kappa shape index (κ2) is 5.49. The Balaban J connectivity index is 1.75. The van der Waals surface area contributed by atoms with Crippen molar-refractivity contribution in [1.29, 1.82) is 0 Å². The summed E-state index contributed by atoms with van der Waals surface area (Å²) in [4.78, 5) is 16.4. The van der Waals surface area contributed by atoms with E-state index < -0.39 is 0 Å². The van der Waals surface area contributed by atoms with Gasteiger partial charge in [-0.15, -0.1) is 0 Å². The Morgan fingerprint density at radius 1 is 1.32 bits per heavy atom. The first-order chi connectivity index (χ1) is 9.33. The Bertz CT molecular complexity index is 583. The number of ketones is 1. The SMILES string of the molecule is O=C(Cc1ccnc2ccccc12)CC1CCCO1. The number of nitrogens with zero attached hydrogens (tertiary/aromatic N) is 1. The molecule has 3 nitrogen and oxygen atoms in total. The Hall–Kier alpha value is -1.74. The van der Waals surface area contributed by atoms with E-state index >= 15 is 0 Å². The smallest absolute Gasteiger partial charge is 0.139 e. The third-order valence-corrected chi connectivity index (χ3v) is 3.61. The molecule has 1 unspecified atom stereocenters. The maximum Gasteiger partial charge on any atom is 0.139 e. The quantitative estimate of drug-likeness (QED) is 0.843. The fourth-order valence-corrected chi connectivity index (χ4v) is 2.65. The molecular formula is C16H17NO2. The maximum atomic E-state index is 12.1. The molecule has 0 amide bonds. The normalized spacial score (nSPS) is 18.8. The summed E-state index contributed by atoms with van der Waals surface area (Å²) in [6, 6.07) is 9.89. The van der Waals surface area contributed by atoms with Crippen LogP contribution in [0.1, 0.15) is 24.8 Å². The van der Waals surface area contributed by atoms with Crippen LogP contribution in [0, 0.1) is 0 Å². The van der Waals surface area contributed by atoms with Gasteiger partial charge in [0.25, 0.3) is 0 Å². The zero-order chi connectivity index (χ0) is 13.1. The molecule has 2 aromatic rings. The summed E-state index contributed by atoms with van der Waals surface area (Å²) in [5.41, 5.74) is 2.01. The number of benzene rings is 1.